The molecule has 0 aromatic rings. The number of hydrogen-bond donors (Lipinski definition) is 2. The molecule has 1 aliphatic carbocycles. The molecule has 1 amide bonds. The lowest BCUT2D eigenvalue weighted by atomic mass is 9.77. The number of carbonyl (C=O) groups is 1. The van der Waals surface area contributed by atoms with E-state index in [1.165, 1.54) is 0 Å². The first-order valence-electron chi connectivity index (χ1n) is 6.72. The van der Waals surface area contributed by atoms with Crippen molar-refractivity contribution in [3.05, 3.63) is 0 Å². The van der Waals surface area contributed by atoms with Gasteiger partial charge in [0.05, 0.1) is 5.54 Å². The lowest BCUT2D eigenvalue weighted by Crippen LogP contribution is -2.62. The van der Waals surface area contributed by atoms with Gasteiger partial charge in [0, 0.05) is 0 Å². The van der Waals surface area contributed by atoms with Crippen LogP contribution in [0.1, 0.15) is 52.9 Å². The number of hydrogen-bond acceptors (Lipinski definition) is 3. The molecule has 0 saturated heterocycles. The minimum Gasteiger partial charge on any atom is -0.444 e. The highest BCUT2D eigenvalue weighted by atomic mass is 19.4. The van der Waals surface area contributed by atoms with E-state index >= 15 is 0 Å². The molecule has 1 rings (SSSR count). The molecule has 2 N–H and O–H groups in total. The van der Waals surface area contributed by atoms with Crippen molar-refractivity contribution in [3.8, 4) is 0 Å². The Morgan fingerprint density at radius 1 is 1.20 bits per heavy atom. The van der Waals surface area contributed by atoms with Crippen molar-refractivity contribution in [2.24, 2.45) is 0 Å². The van der Waals surface area contributed by atoms with Crippen molar-refractivity contribution in [1.29, 1.82) is 0 Å². The molecule has 0 aliphatic heterocycles. The van der Waals surface area contributed by atoms with Gasteiger partial charge in [-0.25, -0.2) is 4.79 Å². The highest BCUT2D eigenvalue weighted by Crippen LogP contribution is 2.38. The Morgan fingerprint density at radius 2 is 1.70 bits per heavy atom. The summed E-state index contributed by atoms with van der Waals surface area (Å²) in [6, 6.07) is 0. The van der Waals surface area contributed by atoms with Crippen LogP contribution in [0.25, 0.3) is 0 Å². The molecule has 0 bridgehead atoms. The van der Waals surface area contributed by atoms with Gasteiger partial charge >= 0.3 is 12.3 Å². The van der Waals surface area contributed by atoms with E-state index in [9.17, 15) is 23.1 Å². The molecule has 0 heterocycles. The SMILES string of the molecule is CC(C)(C)OC(=O)NC1([C@@H](O)C(F)(F)F)CCCCC1. The van der Waals surface area contributed by atoms with Gasteiger partial charge in [0.1, 0.15) is 5.60 Å². The lowest BCUT2D eigenvalue weighted by molar-refractivity contribution is -0.230. The van der Waals surface area contributed by atoms with E-state index in [4.69, 9.17) is 4.74 Å². The predicted octanol–water partition coefficient (Wildman–Crippen LogP) is 3.14. The zero-order valence-electron chi connectivity index (χ0n) is 12.0. The quantitative estimate of drug-likeness (QED) is 0.823. The molecule has 0 spiro atoms. The van der Waals surface area contributed by atoms with Crippen LogP contribution in [0.15, 0.2) is 0 Å². The molecule has 118 valence electrons. The van der Waals surface area contributed by atoms with E-state index in [1.807, 2.05) is 0 Å². The van der Waals surface area contributed by atoms with Crippen LogP contribution >= 0.6 is 0 Å². The molecule has 4 nitrogen and oxygen atoms in total. The zero-order valence-corrected chi connectivity index (χ0v) is 12.0. The van der Waals surface area contributed by atoms with E-state index in [2.05, 4.69) is 5.32 Å². The Balaban J connectivity index is 2.87. The first kappa shape index (κ1) is 17.1. The van der Waals surface area contributed by atoms with Gasteiger partial charge < -0.3 is 15.2 Å². The molecule has 0 aromatic heterocycles. The number of alkyl carbamates (subject to hydrolysis) is 1. The number of amides is 1. The number of alkyl halides is 3. The van der Waals surface area contributed by atoms with Gasteiger partial charge in [0.25, 0.3) is 0 Å². The Morgan fingerprint density at radius 3 is 2.10 bits per heavy atom. The van der Waals surface area contributed by atoms with E-state index in [0.29, 0.717) is 12.8 Å². The van der Waals surface area contributed by atoms with Crippen molar-refractivity contribution in [2.75, 3.05) is 0 Å². The van der Waals surface area contributed by atoms with Crippen LogP contribution in [-0.4, -0.2) is 34.6 Å². The maximum atomic E-state index is 12.8. The first-order valence-corrected chi connectivity index (χ1v) is 6.72. The highest BCUT2D eigenvalue weighted by Gasteiger charge is 2.54. The van der Waals surface area contributed by atoms with Crippen LogP contribution < -0.4 is 5.32 Å². The Hall–Kier alpha value is -0.980. The van der Waals surface area contributed by atoms with Crippen molar-refractivity contribution < 1.29 is 27.8 Å². The molecular formula is C13H22F3NO3. The summed E-state index contributed by atoms with van der Waals surface area (Å²) in [5, 5.41) is 11.9. The molecule has 0 radical (unpaired) electrons. The van der Waals surface area contributed by atoms with Crippen LogP contribution in [0.2, 0.25) is 0 Å². The Labute approximate surface area is 116 Å². The van der Waals surface area contributed by atoms with Crippen LogP contribution in [0.4, 0.5) is 18.0 Å². The summed E-state index contributed by atoms with van der Waals surface area (Å²) in [6.07, 6.45) is -6.24. The van der Waals surface area contributed by atoms with E-state index in [0.717, 1.165) is 6.42 Å². The number of aliphatic hydroxyl groups excluding tert-OH is 1. The Kier molecular flexibility index (Phi) is 4.94. The maximum absolute atomic E-state index is 12.8. The van der Waals surface area contributed by atoms with Crippen molar-refractivity contribution in [2.45, 2.75) is 76.3 Å². The average Bonchev–Trinajstić information content (AvgIpc) is 2.25. The third kappa shape index (κ3) is 4.54. The third-order valence-electron chi connectivity index (χ3n) is 3.33. The number of aliphatic hydroxyl groups is 1. The third-order valence-corrected chi connectivity index (χ3v) is 3.33. The second-order valence-corrected chi connectivity index (χ2v) is 6.29. The van der Waals surface area contributed by atoms with Crippen molar-refractivity contribution >= 4 is 6.09 Å². The van der Waals surface area contributed by atoms with Gasteiger partial charge in [0.2, 0.25) is 0 Å². The molecule has 20 heavy (non-hydrogen) atoms. The van der Waals surface area contributed by atoms with Gasteiger partial charge in [-0.3, -0.25) is 0 Å². The first-order chi connectivity index (χ1) is 8.96. The second kappa shape index (κ2) is 5.79. The normalized spacial score (nSPS) is 21.1. The second-order valence-electron chi connectivity index (χ2n) is 6.29. The number of nitrogens with one attached hydrogen (secondary N) is 1. The lowest BCUT2D eigenvalue weighted by Gasteiger charge is -2.42. The van der Waals surface area contributed by atoms with Gasteiger partial charge in [0.15, 0.2) is 6.10 Å². The summed E-state index contributed by atoms with van der Waals surface area (Å²) in [5.74, 6) is 0. The number of halogens is 3. The summed E-state index contributed by atoms with van der Waals surface area (Å²) in [5.41, 5.74) is -2.48. The largest absolute Gasteiger partial charge is 0.444 e. The average molecular weight is 297 g/mol. The summed E-state index contributed by atoms with van der Waals surface area (Å²) < 4.78 is 43.5. The molecule has 0 unspecified atom stereocenters. The Bertz CT molecular complexity index is 344. The number of ether oxygens (including phenoxy) is 1. The molecule has 0 aromatic carbocycles. The van der Waals surface area contributed by atoms with Crippen molar-refractivity contribution in [1.82, 2.24) is 5.32 Å². The number of carbonyl (C=O) groups excluding carboxylic acids is 1. The minimum atomic E-state index is -4.77. The molecular weight excluding hydrogens is 275 g/mol. The van der Waals surface area contributed by atoms with Crippen LogP contribution in [0, 0.1) is 0 Å². The van der Waals surface area contributed by atoms with Gasteiger partial charge in [-0.1, -0.05) is 19.3 Å². The fourth-order valence-electron chi connectivity index (χ4n) is 2.47. The number of rotatable bonds is 2. The monoisotopic (exact) mass is 297 g/mol. The molecule has 1 saturated carbocycles. The smallest absolute Gasteiger partial charge is 0.416 e. The molecule has 1 fully saturated rings. The maximum Gasteiger partial charge on any atom is 0.416 e. The van der Waals surface area contributed by atoms with Crippen molar-refractivity contribution in [3.63, 3.8) is 0 Å². The van der Waals surface area contributed by atoms with E-state index in [-0.39, 0.29) is 12.8 Å². The van der Waals surface area contributed by atoms with Crippen LogP contribution in [-0.2, 0) is 4.74 Å². The van der Waals surface area contributed by atoms with Gasteiger partial charge in [-0.2, -0.15) is 13.2 Å². The topological polar surface area (TPSA) is 58.6 Å². The fourth-order valence-corrected chi connectivity index (χ4v) is 2.47. The molecule has 1 aliphatic rings. The van der Waals surface area contributed by atoms with Crippen LogP contribution in [0.5, 0.6) is 0 Å². The highest BCUT2D eigenvalue weighted by molar-refractivity contribution is 5.69. The molecule has 1 atom stereocenters. The minimum absolute atomic E-state index is 0.0902. The summed E-state index contributed by atoms with van der Waals surface area (Å²) in [6.45, 7) is 4.88. The summed E-state index contributed by atoms with van der Waals surface area (Å²) in [4.78, 5) is 11.8. The predicted molar refractivity (Wildman–Crippen MR) is 67.2 cm³/mol. The zero-order chi connectivity index (χ0) is 15.6. The van der Waals surface area contributed by atoms with Gasteiger partial charge in [-0.05, 0) is 33.6 Å². The van der Waals surface area contributed by atoms with Crippen LogP contribution in [0.3, 0.4) is 0 Å². The van der Waals surface area contributed by atoms with E-state index < -0.39 is 29.5 Å². The summed E-state index contributed by atoms with van der Waals surface area (Å²) >= 11 is 0. The summed E-state index contributed by atoms with van der Waals surface area (Å²) in [7, 11) is 0. The van der Waals surface area contributed by atoms with Gasteiger partial charge in [-0.15, -0.1) is 0 Å². The fraction of sp³-hybridized carbons (Fsp3) is 0.923. The molecule has 7 heteroatoms. The van der Waals surface area contributed by atoms with E-state index in [1.54, 1.807) is 20.8 Å². The standard InChI is InChI=1S/C13H22F3NO3/c1-11(2,3)20-10(19)17-12(7-5-4-6-8-12)9(18)13(14,15)16/h9,18H,4-8H2,1-3H3,(H,17,19)/t9-/m1/s1.